The van der Waals surface area contributed by atoms with Crippen molar-refractivity contribution in [3.63, 3.8) is 0 Å². The van der Waals surface area contributed by atoms with Crippen LogP contribution >= 0.6 is 0 Å². The van der Waals surface area contributed by atoms with E-state index in [2.05, 4.69) is 154 Å². The smallest absolute Gasteiger partial charge is 0.0795 e. The quantitative estimate of drug-likeness (QED) is 0.142. The molecule has 210 valence electrons. The highest BCUT2D eigenvalue weighted by Gasteiger charge is 2.27. The standard InChI is InChI=1S/C44H24N2/c1-3-11-25(12-4-1)28-22-35-31-17-9-15-27-21-34-29-16-7-8-20-37(29)45-38-24-33(26-13-5-2-6-14-26)30-18-10-19-32-36(23-28)41(35)46(43(38)40(30)32)44(39(27)31)42(34)45/h1-24H. The molecule has 0 fully saturated rings. The average Bonchev–Trinajstić information content (AvgIpc) is 3.46. The lowest BCUT2D eigenvalue weighted by molar-refractivity contribution is 1.26. The lowest BCUT2D eigenvalue weighted by atomic mass is 9.88. The van der Waals surface area contributed by atoms with Gasteiger partial charge >= 0.3 is 0 Å². The monoisotopic (exact) mass is 580 g/mol. The third kappa shape index (κ3) is 2.60. The van der Waals surface area contributed by atoms with Crippen molar-refractivity contribution in [3.8, 4) is 22.3 Å². The maximum atomic E-state index is 2.65. The fraction of sp³-hybridized carbons (Fsp3) is 0. The summed E-state index contributed by atoms with van der Waals surface area (Å²) in [6.45, 7) is 0. The van der Waals surface area contributed by atoms with Crippen LogP contribution < -0.4 is 0 Å². The van der Waals surface area contributed by atoms with Crippen LogP contribution in [0.1, 0.15) is 0 Å². The highest BCUT2D eigenvalue weighted by Crippen LogP contribution is 2.50. The Labute approximate surface area is 262 Å². The Morgan fingerprint density at radius 1 is 0.304 bits per heavy atom. The SMILES string of the molecule is c1ccc(-c2cc3c4cccc5c(-c6ccccc6)cc6c(c54)n4c3c(c2)c2cccc3cc5c7ccccc7n6c5c4c32)cc1. The van der Waals surface area contributed by atoms with E-state index in [0.717, 1.165) is 0 Å². The molecule has 4 aromatic heterocycles. The molecule has 46 heavy (non-hydrogen) atoms. The first-order valence-corrected chi connectivity index (χ1v) is 16.0. The molecule has 0 atom stereocenters. The Kier molecular flexibility index (Phi) is 4.01. The van der Waals surface area contributed by atoms with Crippen LogP contribution in [0.3, 0.4) is 0 Å². The summed E-state index contributed by atoms with van der Waals surface area (Å²) in [7, 11) is 0. The molecule has 4 heterocycles. The molecule has 0 saturated heterocycles. The normalized spacial score (nSPS) is 12.8. The second-order valence-electron chi connectivity index (χ2n) is 12.9. The summed E-state index contributed by atoms with van der Waals surface area (Å²) in [6.07, 6.45) is 0. The first kappa shape index (κ1) is 23.3. The Morgan fingerprint density at radius 2 is 0.935 bits per heavy atom. The number of fused-ring (bicyclic) bond motifs is 6. The first-order valence-electron chi connectivity index (χ1n) is 16.0. The van der Waals surface area contributed by atoms with Crippen LogP contribution in [0.4, 0.5) is 0 Å². The minimum Gasteiger partial charge on any atom is -0.305 e. The first-order chi connectivity index (χ1) is 22.8. The number of aromatic nitrogens is 2. The molecule has 2 nitrogen and oxygen atoms in total. The molecule has 0 amide bonds. The van der Waals surface area contributed by atoms with Gasteiger partial charge < -0.3 is 8.80 Å². The van der Waals surface area contributed by atoms with E-state index < -0.39 is 0 Å². The van der Waals surface area contributed by atoms with Crippen LogP contribution in [0, 0.1) is 0 Å². The van der Waals surface area contributed by atoms with E-state index in [9.17, 15) is 0 Å². The Morgan fingerprint density at radius 3 is 1.74 bits per heavy atom. The summed E-state index contributed by atoms with van der Waals surface area (Å²) in [5.41, 5.74) is 12.7. The molecule has 0 aliphatic heterocycles. The number of benzene rings is 8. The minimum atomic E-state index is 1.24. The zero-order valence-corrected chi connectivity index (χ0v) is 24.8. The van der Waals surface area contributed by atoms with Crippen molar-refractivity contribution in [1.29, 1.82) is 0 Å². The number of hydrogen-bond donors (Lipinski definition) is 0. The van der Waals surface area contributed by atoms with Gasteiger partial charge in [0.05, 0.1) is 33.1 Å². The Bertz CT molecular complexity index is 3160. The highest BCUT2D eigenvalue weighted by molar-refractivity contribution is 6.37. The van der Waals surface area contributed by atoms with Crippen LogP contribution in [0.5, 0.6) is 0 Å². The van der Waals surface area contributed by atoms with Gasteiger partial charge in [-0.25, -0.2) is 0 Å². The zero-order valence-electron chi connectivity index (χ0n) is 24.8. The van der Waals surface area contributed by atoms with Gasteiger partial charge in [-0.2, -0.15) is 0 Å². The largest absolute Gasteiger partial charge is 0.305 e. The van der Waals surface area contributed by atoms with E-state index in [1.54, 1.807) is 0 Å². The lowest BCUT2D eigenvalue weighted by Gasteiger charge is -2.26. The van der Waals surface area contributed by atoms with E-state index in [4.69, 9.17) is 0 Å². The lowest BCUT2D eigenvalue weighted by Crippen LogP contribution is -2.06. The summed E-state index contributed by atoms with van der Waals surface area (Å²) in [5, 5.41) is 13.1. The van der Waals surface area contributed by atoms with E-state index in [-0.39, 0.29) is 0 Å². The molecular weight excluding hydrogens is 556 g/mol. The van der Waals surface area contributed by atoms with Crippen molar-refractivity contribution in [2.75, 3.05) is 0 Å². The fourth-order valence-electron chi connectivity index (χ4n) is 8.90. The van der Waals surface area contributed by atoms with Crippen molar-refractivity contribution in [3.05, 3.63) is 146 Å². The van der Waals surface area contributed by atoms with Gasteiger partial charge in [-0.05, 0) is 74.1 Å². The predicted molar refractivity (Wildman–Crippen MR) is 195 cm³/mol. The van der Waals surface area contributed by atoms with Gasteiger partial charge in [0.25, 0.3) is 0 Å². The van der Waals surface area contributed by atoms with Gasteiger partial charge in [-0.15, -0.1) is 0 Å². The van der Waals surface area contributed by atoms with Crippen LogP contribution in [0.25, 0.3) is 109 Å². The molecule has 0 spiro atoms. The number of rotatable bonds is 2. The molecule has 0 aliphatic carbocycles. The molecule has 0 N–H and O–H groups in total. The van der Waals surface area contributed by atoms with Crippen molar-refractivity contribution in [2.24, 2.45) is 0 Å². The number of nitrogens with zero attached hydrogens (tertiary/aromatic N) is 2. The van der Waals surface area contributed by atoms with E-state index >= 15 is 0 Å². The maximum absolute atomic E-state index is 2.65. The molecule has 0 unspecified atom stereocenters. The topological polar surface area (TPSA) is 8.82 Å². The van der Waals surface area contributed by atoms with E-state index in [0.29, 0.717) is 0 Å². The van der Waals surface area contributed by atoms with E-state index in [1.807, 2.05) is 0 Å². The second-order valence-corrected chi connectivity index (χ2v) is 12.9. The molecule has 12 aromatic rings. The summed E-state index contributed by atoms with van der Waals surface area (Å²) in [6, 6.07) is 54.3. The van der Waals surface area contributed by atoms with Crippen LogP contribution in [0.15, 0.2) is 146 Å². The summed E-state index contributed by atoms with van der Waals surface area (Å²) >= 11 is 0. The van der Waals surface area contributed by atoms with Crippen LogP contribution in [-0.4, -0.2) is 8.80 Å². The average molecular weight is 581 g/mol. The third-order valence-electron chi connectivity index (χ3n) is 10.7. The molecular formula is C44H24N2. The van der Waals surface area contributed by atoms with Gasteiger partial charge in [0.1, 0.15) is 0 Å². The predicted octanol–water partition coefficient (Wildman–Crippen LogP) is 11.9. The zero-order chi connectivity index (χ0) is 29.7. The molecule has 12 rings (SSSR count). The Balaban J connectivity index is 1.49. The van der Waals surface area contributed by atoms with Crippen molar-refractivity contribution in [1.82, 2.24) is 8.80 Å². The van der Waals surface area contributed by atoms with Gasteiger partial charge in [0.2, 0.25) is 0 Å². The summed E-state index contributed by atoms with van der Waals surface area (Å²) in [4.78, 5) is 0. The van der Waals surface area contributed by atoms with Gasteiger partial charge in [0.15, 0.2) is 0 Å². The number of para-hydroxylation sites is 1. The maximum Gasteiger partial charge on any atom is 0.0795 e. The molecule has 0 aliphatic rings. The summed E-state index contributed by atoms with van der Waals surface area (Å²) in [5.74, 6) is 0. The summed E-state index contributed by atoms with van der Waals surface area (Å²) < 4.78 is 5.22. The van der Waals surface area contributed by atoms with Gasteiger partial charge in [-0.3, -0.25) is 0 Å². The Hall–Kier alpha value is -6.12. The van der Waals surface area contributed by atoms with E-state index in [1.165, 1.54) is 109 Å². The van der Waals surface area contributed by atoms with Gasteiger partial charge in [-0.1, -0.05) is 115 Å². The minimum absolute atomic E-state index is 1.24. The second kappa shape index (κ2) is 7.93. The molecule has 0 bridgehead atoms. The molecule has 0 saturated carbocycles. The number of hydrogen-bond acceptors (Lipinski definition) is 0. The molecule has 2 heteroatoms. The molecule has 8 aromatic carbocycles. The van der Waals surface area contributed by atoms with Crippen molar-refractivity contribution in [2.45, 2.75) is 0 Å². The van der Waals surface area contributed by atoms with Crippen LogP contribution in [0.2, 0.25) is 0 Å². The van der Waals surface area contributed by atoms with Crippen molar-refractivity contribution < 1.29 is 0 Å². The van der Waals surface area contributed by atoms with Crippen LogP contribution in [-0.2, 0) is 0 Å². The van der Waals surface area contributed by atoms with Crippen molar-refractivity contribution >= 4 is 87.0 Å². The van der Waals surface area contributed by atoms with Gasteiger partial charge in [0, 0.05) is 32.3 Å². The molecule has 0 radical (unpaired) electrons. The number of pyridine rings is 2. The third-order valence-corrected chi connectivity index (χ3v) is 10.7. The fourth-order valence-corrected chi connectivity index (χ4v) is 8.90. The highest BCUT2D eigenvalue weighted by atomic mass is 15.0.